The number of hydrogen-bond donors (Lipinski definition) is 1. The van der Waals surface area contributed by atoms with E-state index >= 15 is 0 Å². The fourth-order valence-corrected chi connectivity index (χ4v) is 5.31. The van der Waals surface area contributed by atoms with Crippen LogP contribution in [-0.4, -0.2) is 26.5 Å². The van der Waals surface area contributed by atoms with Crippen LogP contribution < -0.4 is 9.64 Å². The molecule has 158 valence electrons. The van der Waals surface area contributed by atoms with Gasteiger partial charge in [0.25, 0.3) is 5.91 Å². The Morgan fingerprint density at radius 3 is 2.26 bits per heavy atom. The molecular formula is C24H21NO5S. The van der Waals surface area contributed by atoms with Crippen molar-refractivity contribution in [3.63, 3.8) is 0 Å². The summed E-state index contributed by atoms with van der Waals surface area (Å²) in [6, 6.07) is 20.7. The number of nitrogens with zero attached hydrogens (tertiary/aromatic N) is 1. The summed E-state index contributed by atoms with van der Waals surface area (Å²) in [7, 11) is -2.65. The number of methoxy groups -OCH3 is 1. The number of carbonyl (C=O) groups is 1. The molecule has 1 N–H and O–H groups in total. The number of benzene rings is 3. The molecule has 1 atom stereocenters. The summed E-state index contributed by atoms with van der Waals surface area (Å²) in [6.45, 7) is 1.91. The Morgan fingerprint density at radius 1 is 0.935 bits per heavy atom. The third-order valence-corrected chi connectivity index (χ3v) is 7.11. The van der Waals surface area contributed by atoms with Gasteiger partial charge in [-0.05, 0) is 48.9 Å². The van der Waals surface area contributed by atoms with Crippen molar-refractivity contribution >= 4 is 21.4 Å². The van der Waals surface area contributed by atoms with E-state index in [4.69, 9.17) is 4.74 Å². The lowest BCUT2D eigenvalue weighted by atomic mass is 10.1. The predicted octanol–water partition coefficient (Wildman–Crippen LogP) is 4.34. The highest BCUT2D eigenvalue weighted by Gasteiger charge is 2.47. The first-order valence-corrected chi connectivity index (χ1v) is 11.1. The third-order valence-electron chi connectivity index (χ3n) is 5.23. The van der Waals surface area contributed by atoms with Crippen LogP contribution in [0.5, 0.6) is 5.75 Å². The van der Waals surface area contributed by atoms with Gasteiger partial charge in [0.2, 0.25) is 9.84 Å². The van der Waals surface area contributed by atoms with Gasteiger partial charge in [-0.25, -0.2) is 8.42 Å². The number of carbonyl (C=O) groups excluding carboxylic acids is 1. The summed E-state index contributed by atoms with van der Waals surface area (Å²) in [4.78, 5) is 14.1. The number of sulfone groups is 1. The maximum atomic E-state index is 13.5. The largest absolute Gasteiger partial charge is 0.502 e. The number of amides is 1. The summed E-state index contributed by atoms with van der Waals surface area (Å²) in [5.74, 6) is -1.04. The second-order valence-corrected chi connectivity index (χ2v) is 9.14. The molecule has 3 aromatic rings. The van der Waals surface area contributed by atoms with Gasteiger partial charge in [0.1, 0.15) is 16.7 Å². The van der Waals surface area contributed by atoms with Crippen LogP contribution in [0.4, 0.5) is 5.69 Å². The zero-order valence-electron chi connectivity index (χ0n) is 17.0. The van der Waals surface area contributed by atoms with Gasteiger partial charge in [0.05, 0.1) is 12.0 Å². The quantitative estimate of drug-likeness (QED) is 0.645. The van der Waals surface area contributed by atoms with Crippen LogP contribution in [0.25, 0.3) is 0 Å². The Morgan fingerprint density at radius 2 is 1.61 bits per heavy atom. The molecule has 6 nitrogen and oxygen atoms in total. The van der Waals surface area contributed by atoms with Gasteiger partial charge in [0.15, 0.2) is 5.76 Å². The Labute approximate surface area is 180 Å². The van der Waals surface area contributed by atoms with Crippen LogP contribution in [0.1, 0.15) is 17.2 Å². The maximum absolute atomic E-state index is 13.5. The van der Waals surface area contributed by atoms with E-state index in [1.165, 1.54) is 24.1 Å². The fraction of sp³-hybridized carbons (Fsp3) is 0.125. The van der Waals surface area contributed by atoms with Crippen molar-refractivity contribution in [1.29, 1.82) is 0 Å². The van der Waals surface area contributed by atoms with Crippen molar-refractivity contribution in [3.05, 3.63) is 101 Å². The summed E-state index contributed by atoms with van der Waals surface area (Å²) < 4.78 is 32.4. The van der Waals surface area contributed by atoms with Gasteiger partial charge >= 0.3 is 0 Å². The second kappa shape index (κ2) is 7.92. The SMILES string of the molecule is COc1cccc([C@H]2C(S(=O)(=O)c3ccccc3)=C(O)C(=O)N2c2ccc(C)cc2)c1. The minimum Gasteiger partial charge on any atom is -0.502 e. The van der Waals surface area contributed by atoms with E-state index < -0.39 is 27.5 Å². The number of hydrogen-bond acceptors (Lipinski definition) is 5. The molecular weight excluding hydrogens is 414 g/mol. The molecule has 0 radical (unpaired) electrons. The average Bonchev–Trinajstić information content (AvgIpc) is 3.06. The van der Waals surface area contributed by atoms with Crippen molar-refractivity contribution in [2.75, 3.05) is 12.0 Å². The Kier molecular flexibility index (Phi) is 5.29. The van der Waals surface area contributed by atoms with Gasteiger partial charge < -0.3 is 9.84 Å². The minimum absolute atomic E-state index is 0.00278. The fourth-order valence-electron chi connectivity index (χ4n) is 3.67. The van der Waals surface area contributed by atoms with Crippen LogP contribution in [0.15, 0.2) is 94.4 Å². The van der Waals surface area contributed by atoms with Crippen molar-refractivity contribution in [2.45, 2.75) is 17.9 Å². The highest BCUT2D eigenvalue weighted by Crippen LogP contribution is 2.45. The van der Waals surface area contributed by atoms with Crippen LogP contribution >= 0.6 is 0 Å². The summed E-state index contributed by atoms with van der Waals surface area (Å²) >= 11 is 0. The molecule has 1 heterocycles. The lowest BCUT2D eigenvalue weighted by Crippen LogP contribution is -2.31. The molecule has 0 aromatic heterocycles. The molecule has 4 rings (SSSR count). The van der Waals surface area contributed by atoms with Gasteiger partial charge in [-0.3, -0.25) is 9.69 Å². The minimum atomic E-state index is -4.16. The Balaban J connectivity index is 1.95. The van der Waals surface area contributed by atoms with Crippen LogP contribution in [0.2, 0.25) is 0 Å². The van der Waals surface area contributed by atoms with Crippen molar-refractivity contribution in [1.82, 2.24) is 0 Å². The van der Waals surface area contributed by atoms with E-state index in [1.54, 1.807) is 54.6 Å². The van der Waals surface area contributed by atoms with Gasteiger partial charge in [-0.15, -0.1) is 0 Å². The van der Waals surface area contributed by atoms with E-state index in [0.29, 0.717) is 17.0 Å². The van der Waals surface area contributed by atoms with E-state index in [-0.39, 0.29) is 9.80 Å². The first-order chi connectivity index (χ1) is 14.8. The molecule has 0 spiro atoms. The third kappa shape index (κ3) is 3.57. The summed E-state index contributed by atoms with van der Waals surface area (Å²) in [5.41, 5.74) is 1.97. The first kappa shape index (κ1) is 20.7. The lowest BCUT2D eigenvalue weighted by Gasteiger charge is -2.27. The number of rotatable bonds is 5. The topological polar surface area (TPSA) is 83.9 Å². The molecule has 0 aliphatic carbocycles. The highest BCUT2D eigenvalue weighted by atomic mass is 32.2. The number of aryl methyl sites for hydroxylation is 1. The molecule has 0 fully saturated rings. The zero-order valence-corrected chi connectivity index (χ0v) is 17.8. The van der Waals surface area contributed by atoms with Crippen molar-refractivity contribution in [3.8, 4) is 5.75 Å². The lowest BCUT2D eigenvalue weighted by molar-refractivity contribution is -0.117. The standard InChI is InChI=1S/C24H21NO5S/c1-16-11-13-18(14-12-16)25-21(17-7-6-8-19(15-17)30-2)23(22(26)24(25)27)31(28,29)20-9-4-3-5-10-20/h3-15,21,26H,1-2H3/t21-/m0/s1. The molecule has 31 heavy (non-hydrogen) atoms. The number of aliphatic hydroxyl groups is 1. The van der Waals surface area contributed by atoms with Gasteiger partial charge in [-0.2, -0.15) is 0 Å². The van der Waals surface area contributed by atoms with E-state index in [2.05, 4.69) is 0 Å². The molecule has 1 aliphatic rings. The number of anilines is 1. The first-order valence-electron chi connectivity index (χ1n) is 9.62. The molecule has 1 amide bonds. The molecule has 0 saturated carbocycles. The monoisotopic (exact) mass is 435 g/mol. The van der Waals surface area contributed by atoms with Gasteiger partial charge in [0, 0.05) is 5.69 Å². The Hall–Kier alpha value is -3.58. The zero-order chi connectivity index (χ0) is 22.2. The van der Waals surface area contributed by atoms with Crippen LogP contribution in [0.3, 0.4) is 0 Å². The Bertz CT molecular complexity index is 1260. The smallest absolute Gasteiger partial charge is 0.295 e. The molecule has 1 aliphatic heterocycles. The average molecular weight is 436 g/mol. The van der Waals surface area contributed by atoms with E-state index in [9.17, 15) is 18.3 Å². The maximum Gasteiger partial charge on any atom is 0.295 e. The second-order valence-electron chi connectivity index (χ2n) is 7.22. The van der Waals surface area contributed by atoms with Crippen LogP contribution in [0, 0.1) is 6.92 Å². The summed E-state index contributed by atoms with van der Waals surface area (Å²) in [6.07, 6.45) is 0. The van der Waals surface area contributed by atoms with E-state index in [0.717, 1.165) is 5.56 Å². The molecule has 0 unspecified atom stereocenters. The van der Waals surface area contributed by atoms with Gasteiger partial charge in [-0.1, -0.05) is 48.0 Å². The van der Waals surface area contributed by atoms with Crippen molar-refractivity contribution < 1.29 is 23.1 Å². The number of ether oxygens (including phenoxy) is 1. The normalized spacial score (nSPS) is 16.6. The predicted molar refractivity (Wildman–Crippen MR) is 118 cm³/mol. The molecule has 3 aromatic carbocycles. The highest BCUT2D eigenvalue weighted by molar-refractivity contribution is 7.95. The molecule has 7 heteroatoms. The molecule has 0 bridgehead atoms. The summed E-state index contributed by atoms with van der Waals surface area (Å²) in [5, 5.41) is 10.8. The van der Waals surface area contributed by atoms with E-state index in [1.807, 2.05) is 19.1 Å². The molecule has 0 saturated heterocycles. The number of aliphatic hydroxyl groups excluding tert-OH is 1. The van der Waals surface area contributed by atoms with Crippen molar-refractivity contribution in [2.24, 2.45) is 0 Å². The van der Waals surface area contributed by atoms with Crippen LogP contribution in [-0.2, 0) is 14.6 Å².